The van der Waals surface area contributed by atoms with E-state index in [1.54, 1.807) is 24.3 Å². The minimum absolute atomic E-state index is 0.142. The van der Waals surface area contributed by atoms with Gasteiger partial charge in [-0.3, -0.25) is 4.79 Å². The molecule has 0 saturated heterocycles. The second kappa shape index (κ2) is 5.31. The first kappa shape index (κ1) is 15.8. The number of benzene rings is 1. The van der Waals surface area contributed by atoms with E-state index < -0.39 is 32.4 Å². The van der Waals surface area contributed by atoms with Crippen LogP contribution < -0.4 is 4.74 Å². The number of carbonyl (C=O) groups is 1. The number of hydrogen-bond acceptors (Lipinski definition) is 5. The van der Waals surface area contributed by atoms with E-state index in [1.807, 2.05) is 0 Å². The van der Waals surface area contributed by atoms with Gasteiger partial charge in [0.05, 0.1) is 19.0 Å². The van der Waals surface area contributed by atoms with Crippen LogP contribution in [0.4, 0.5) is 0 Å². The lowest BCUT2D eigenvalue weighted by molar-refractivity contribution is -0.145. The summed E-state index contributed by atoms with van der Waals surface area (Å²) in [5.41, 5.74) is -0.762. The molecule has 0 aliphatic heterocycles. The topological polar surface area (TPSA) is 89.9 Å². The first-order chi connectivity index (χ1) is 9.79. The average Bonchev–Trinajstić information content (AvgIpc) is 3.10. The third-order valence-corrected chi connectivity index (χ3v) is 5.59. The van der Waals surface area contributed by atoms with E-state index in [9.17, 15) is 18.3 Å². The number of sulfone groups is 1. The molecule has 116 valence electrons. The number of carboxylic acid groups (broad SMARTS) is 1. The molecule has 6 nitrogen and oxygen atoms in total. The van der Waals surface area contributed by atoms with E-state index in [1.165, 1.54) is 14.2 Å². The number of methoxy groups -OCH3 is 2. The van der Waals surface area contributed by atoms with Crippen molar-refractivity contribution in [3.8, 4) is 5.75 Å². The van der Waals surface area contributed by atoms with Crippen LogP contribution in [0.1, 0.15) is 11.5 Å². The van der Waals surface area contributed by atoms with Crippen molar-refractivity contribution in [2.45, 2.75) is 11.2 Å². The van der Waals surface area contributed by atoms with Crippen LogP contribution in [0.5, 0.6) is 5.75 Å². The van der Waals surface area contributed by atoms with Gasteiger partial charge in [0.2, 0.25) is 0 Å². The number of hydrogen-bond donors (Lipinski definition) is 1. The predicted octanol–water partition coefficient (Wildman–Crippen LogP) is 0.923. The van der Waals surface area contributed by atoms with Gasteiger partial charge >= 0.3 is 5.97 Å². The smallest absolute Gasteiger partial charge is 0.314 e. The molecule has 7 heteroatoms. The maximum absolute atomic E-state index is 12.0. The fourth-order valence-corrected chi connectivity index (χ4v) is 4.94. The van der Waals surface area contributed by atoms with Crippen molar-refractivity contribution in [3.05, 3.63) is 29.8 Å². The van der Waals surface area contributed by atoms with E-state index in [0.29, 0.717) is 11.3 Å². The normalized spacial score (nSPS) is 28.1. The molecule has 1 fully saturated rings. The van der Waals surface area contributed by atoms with Crippen LogP contribution in [0, 0.1) is 5.41 Å². The standard InChI is InChI=1S/C14H18O6S/c1-19-8-14(13(15)16)11(12(14)21(3,17)18)9-4-6-10(20-2)7-5-9/h4-7,11-12H,8H2,1-3H3,(H,15,16)/t11-,12-,14+/m0/s1. The summed E-state index contributed by atoms with van der Waals surface area (Å²) < 4.78 is 33.9. The van der Waals surface area contributed by atoms with Gasteiger partial charge in [0.1, 0.15) is 11.2 Å². The molecule has 0 amide bonds. The highest BCUT2D eigenvalue weighted by Crippen LogP contribution is 2.63. The Labute approximate surface area is 123 Å². The molecule has 1 aliphatic carbocycles. The van der Waals surface area contributed by atoms with E-state index in [2.05, 4.69) is 0 Å². The fraction of sp³-hybridized carbons (Fsp3) is 0.500. The SMILES string of the molecule is COC[C@@]1(C(=O)O)[C@@H](c2ccc(OC)cc2)[C@@H]1S(C)(=O)=O. The molecule has 0 bridgehead atoms. The van der Waals surface area contributed by atoms with Crippen molar-refractivity contribution in [2.24, 2.45) is 5.41 Å². The van der Waals surface area contributed by atoms with Gasteiger partial charge in [-0.05, 0) is 17.7 Å². The van der Waals surface area contributed by atoms with Crippen molar-refractivity contribution >= 4 is 15.8 Å². The number of rotatable bonds is 6. The van der Waals surface area contributed by atoms with E-state index in [0.717, 1.165) is 6.26 Å². The van der Waals surface area contributed by atoms with E-state index in [-0.39, 0.29) is 6.61 Å². The molecular formula is C14H18O6S. The zero-order valence-electron chi connectivity index (χ0n) is 12.1. The third-order valence-electron chi connectivity index (χ3n) is 3.97. The largest absolute Gasteiger partial charge is 0.497 e. The summed E-state index contributed by atoms with van der Waals surface area (Å²) in [5, 5.41) is 8.56. The summed E-state index contributed by atoms with van der Waals surface area (Å²) in [7, 11) is -0.615. The molecule has 3 atom stereocenters. The Kier molecular flexibility index (Phi) is 3.99. The zero-order chi connectivity index (χ0) is 15.8. The summed E-state index contributed by atoms with van der Waals surface area (Å²) in [5.74, 6) is -1.14. The van der Waals surface area contributed by atoms with Crippen molar-refractivity contribution in [1.29, 1.82) is 0 Å². The van der Waals surface area contributed by atoms with Gasteiger partial charge in [-0.1, -0.05) is 12.1 Å². The molecule has 1 saturated carbocycles. The summed E-state index contributed by atoms with van der Waals surface area (Å²) in [6, 6.07) is 6.77. The van der Waals surface area contributed by atoms with Crippen LogP contribution in [0.2, 0.25) is 0 Å². The van der Waals surface area contributed by atoms with Crippen LogP contribution in [0.15, 0.2) is 24.3 Å². The van der Waals surface area contributed by atoms with Crippen LogP contribution in [-0.2, 0) is 19.4 Å². The minimum atomic E-state index is -3.51. The summed E-state index contributed by atoms with van der Waals surface area (Å²) >= 11 is 0. The molecule has 0 heterocycles. The average molecular weight is 314 g/mol. The van der Waals surface area contributed by atoms with Crippen LogP contribution in [-0.4, -0.2) is 51.8 Å². The van der Waals surface area contributed by atoms with E-state index >= 15 is 0 Å². The summed E-state index contributed by atoms with van der Waals surface area (Å²) in [6.07, 6.45) is 1.06. The quantitative estimate of drug-likeness (QED) is 0.840. The van der Waals surface area contributed by atoms with Gasteiger partial charge < -0.3 is 14.6 Å². The molecule has 0 unspecified atom stereocenters. The molecule has 0 spiro atoms. The molecule has 21 heavy (non-hydrogen) atoms. The Balaban J connectivity index is 2.46. The molecule has 1 aliphatic rings. The van der Waals surface area contributed by atoms with Gasteiger partial charge in [-0.2, -0.15) is 0 Å². The molecule has 0 aromatic heterocycles. The van der Waals surface area contributed by atoms with E-state index in [4.69, 9.17) is 9.47 Å². The Morgan fingerprint density at radius 1 is 1.29 bits per heavy atom. The first-order valence-corrected chi connectivity index (χ1v) is 8.29. The minimum Gasteiger partial charge on any atom is -0.497 e. The fourth-order valence-electron chi connectivity index (χ4n) is 3.04. The number of aliphatic carboxylic acids is 1. The third kappa shape index (κ3) is 2.51. The van der Waals surface area contributed by atoms with Gasteiger partial charge in [-0.15, -0.1) is 0 Å². The monoisotopic (exact) mass is 314 g/mol. The lowest BCUT2D eigenvalue weighted by Gasteiger charge is -2.11. The maximum atomic E-state index is 12.0. The predicted molar refractivity (Wildman–Crippen MR) is 76.3 cm³/mol. The van der Waals surface area contributed by atoms with Gasteiger partial charge in [0, 0.05) is 19.3 Å². The highest BCUT2D eigenvalue weighted by molar-refractivity contribution is 7.91. The van der Waals surface area contributed by atoms with Crippen molar-refractivity contribution < 1.29 is 27.8 Å². The Morgan fingerprint density at radius 3 is 2.24 bits per heavy atom. The zero-order valence-corrected chi connectivity index (χ0v) is 12.9. The van der Waals surface area contributed by atoms with Gasteiger partial charge in [-0.25, -0.2) is 8.42 Å². The van der Waals surface area contributed by atoms with Crippen molar-refractivity contribution in [1.82, 2.24) is 0 Å². The summed E-state index contributed by atoms with van der Waals surface area (Å²) in [6.45, 7) is -0.142. The second-order valence-electron chi connectivity index (χ2n) is 5.28. The molecular weight excluding hydrogens is 296 g/mol. The lowest BCUT2D eigenvalue weighted by atomic mass is 10.00. The lowest BCUT2D eigenvalue weighted by Crippen LogP contribution is -2.28. The first-order valence-electron chi connectivity index (χ1n) is 6.34. The number of carboxylic acids is 1. The van der Waals surface area contributed by atoms with Crippen LogP contribution >= 0.6 is 0 Å². The molecule has 0 radical (unpaired) electrons. The highest BCUT2D eigenvalue weighted by atomic mass is 32.2. The maximum Gasteiger partial charge on any atom is 0.314 e. The van der Waals surface area contributed by atoms with Gasteiger partial charge in [0.15, 0.2) is 9.84 Å². The second-order valence-corrected chi connectivity index (χ2v) is 7.45. The Hall–Kier alpha value is -1.60. The van der Waals surface area contributed by atoms with Crippen molar-refractivity contribution in [2.75, 3.05) is 27.1 Å². The summed E-state index contributed by atoms with van der Waals surface area (Å²) in [4.78, 5) is 11.7. The van der Waals surface area contributed by atoms with Crippen LogP contribution in [0.25, 0.3) is 0 Å². The molecule has 1 N–H and O–H groups in total. The molecule has 1 aromatic carbocycles. The Morgan fingerprint density at radius 2 is 1.86 bits per heavy atom. The van der Waals surface area contributed by atoms with Crippen LogP contribution in [0.3, 0.4) is 0 Å². The number of ether oxygens (including phenoxy) is 2. The Bertz CT molecular complexity index is 636. The highest BCUT2D eigenvalue weighted by Gasteiger charge is 2.74. The van der Waals surface area contributed by atoms with Crippen molar-refractivity contribution in [3.63, 3.8) is 0 Å². The van der Waals surface area contributed by atoms with Gasteiger partial charge in [0.25, 0.3) is 0 Å². The molecule has 1 aromatic rings. The molecule has 2 rings (SSSR count).